The lowest BCUT2D eigenvalue weighted by atomic mass is 9.92. The predicted octanol–water partition coefficient (Wildman–Crippen LogP) is 4.28. The number of fused-ring (bicyclic) bond motifs is 2. The molecule has 4 rings (SSSR count). The first-order valence-corrected chi connectivity index (χ1v) is 10.6. The van der Waals surface area contributed by atoms with Gasteiger partial charge in [-0.05, 0) is 76.4 Å². The highest BCUT2D eigenvalue weighted by Crippen LogP contribution is 2.36. The van der Waals surface area contributed by atoms with Crippen molar-refractivity contribution in [1.82, 2.24) is 9.88 Å². The number of pyridine rings is 1. The molecule has 1 fully saturated rings. The number of likely N-dealkylation sites (tertiary alicyclic amines) is 1. The molecule has 5 nitrogen and oxygen atoms in total. The van der Waals surface area contributed by atoms with Crippen LogP contribution < -0.4 is 10.1 Å². The highest BCUT2D eigenvalue weighted by molar-refractivity contribution is 5.95. The summed E-state index contributed by atoms with van der Waals surface area (Å²) in [6.07, 6.45) is 9.41. The molecule has 1 aliphatic heterocycles. The van der Waals surface area contributed by atoms with Crippen LogP contribution in [0.1, 0.15) is 55.3 Å². The lowest BCUT2D eigenvalue weighted by Crippen LogP contribution is -2.37. The second-order valence-corrected chi connectivity index (χ2v) is 8.23. The van der Waals surface area contributed by atoms with Crippen molar-refractivity contribution in [1.29, 1.82) is 5.26 Å². The number of anilines is 1. The van der Waals surface area contributed by atoms with E-state index in [2.05, 4.69) is 23.3 Å². The maximum atomic E-state index is 9.51. The zero-order valence-corrected chi connectivity index (χ0v) is 17.1. The van der Waals surface area contributed by atoms with Gasteiger partial charge in [0, 0.05) is 22.8 Å². The Kier molecular flexibility index (Phi) is 5.68. The fourth-order valence-electron chi connectivity index (χ4n) is 4.58. The van der Waals surface area contributed by atoms with Crippen LogP contribution in [0.15, 0.2) is 12.1 Å². The molecule has 5 heteroatoms. The zero-order valence-electron chi connectivity index (χ0n) is 17.1. The van der Waals surface area contributed by atoms with Crippen LogP contribution in [0.25, 0.3) is 10.9 Å². The SMILES string of the molecule is COc1cc2c(NC3CCN(C)CC3)c3c(nc2cc1C#N)CCCCCC3. The summed E-state index contributed by atoms with van der Waals surface area (Å²) in [6.45, 7) is 2.26. The minimum Gasteiger partial charge on any atom is -0.495 e. The van der Waals surface area contributed by atoms with Crippen LogP contribution in [0, 0.1) is 11.3 Å². The molecule has 0 unspecified atom stereocenters. The number of rotatable bonds is 3. The fourth-order valence-corrected chi connectivity index (χ4v) is 4.58. The highest BCUT2D eigenvalue weighted by atomic mass is 16.5. The summed E-state index contributed by atoms with van der Waals surface area (Å²) in [5, 5.41) is 14.5. The summed E-state index contributed by atoms with van der Waals surface area (Å²) in [7, 11) is 3.83. The molecule has 2 heterocycles. The Bertz CT molecular complexity index is 894. The number of nitrogens with one attached hydrogen (secondary N) is 1. The topological polar surface area (TPSA) is 61.2 Å². The van der Waals surface area contributed by atoms with Crippen molar-refractivity contribution in [3.8, 4) is 11.8 Å². The van der Waals surface area contributed by atoms with Crippen molar-refractivity contribution < 1.29 is 4.74 Å². The van der Waals surface area contributed by atoms with E-state index in [4.69, 9.17) is 9.72 Å². The first kappa shape index (κ1) is 19.0. The molecular formula is C23H30N4O. The number of ether oxygens (including phenoxy) is 1. The van der Waals surface area contributed by atoms with Crippen molar-refractivity contribution in [3.05, 3.63) is 29.0 Å². The van der Waals surface area contributed by atoms with Gasteiger partial charge in [0.25, 0.3) is 0 Å². The van der Waals surface area contributed by atoms with E-state index in [9.17, 15) is 5.26 Å². The summed E-state index contributed by atoms with van der Waals surface area (Å²) >= 11 is 0. The summed E-state index contributed by atoms with van der Waals surface area (Å²) in [6, 6.07) is 6.65. The smallest absolute Gasteiger partial charge is 0.137 e. The molecule has 1 aromatic carbocycles. The minimum absolute atomic E-state index is 0.484. The second-order valence-electron chi connectivity index (χ2n) is 8.23. The van der Waals surface area contributed by atoms with E-state index < -0.39 is 0 Å². The molecule has 1 N–H and O–H groups in total. The molecule has 2 aromatic rings. The molecule has 0 amide bonds. The Morgan fingerprint density at radius 1 is 1.14 bits per heavy atom. The van der Waals surface area contributed by atoms with Gasteiger partial charge in [-0.2, -0.15) is 5.26 Å². The maximum Gasteiger partial charge on any atom is 0.137 e. The monoisotopic (exact) mass is 378 g/mol. The average Bonchev–Trinajstić information content (AvgIpc) is 2.69. The van der Waals surface area contributed by atoms with E-state index in [-0.39, 0.29) is 0 Å². The van der Waals surface area contributed by atoms with E-state index in [0.29, 0.717) is 17.4 Å². The van der Waals surface area contributed by atoms with Crippen molar-refractivity contribution in [2.24, 2.45) is 0 Å². The minimum atomic E-state index is 0.484. The first-order valence-electron chi connectivity index (χ1n) is 10.6. The quantitative estimate of drug-likeness (QED) is 0.864. The van der Waals surface area contributed by atoms with Crippen molar-refractivity contribution >= 4 is 16.6 Å². The van der Waals surface area contributed by atoms with Gasteiger partial charge in [-0.3, -0.25) is 4.98 Å². The third-order valence-corrected chi connectivity index (χ3v) is 6.27. The molecule has 28 heavy (non-hydrogen) atoms. The fraction of sp³-hybridized carbons (Fsp3) is 0.565. The summed E-state index contributed by atoms with van der Waals surface area (Å²) in [5.41, 5.74) is 5.31. The molecule has 0 atom stereocenters. The Morgan fingerprint density at radius 3 is 2.61 bits per heavy atom. The van der Waals surface area contributed by atoms with Gasteiger partial charge in [-0.1, -0.05) is 12.8 Å². The molecular weight excluding hydrogens is 348 g/mol. The van der Waals surface area contributed by atoms with E-state index in [1.54, 1.807) is 7.11 Å². The third-order valence-electron chi connectivity index (χ3n) is 6.27. The lowest BCUT2D eigenvalue weighted by Gasteiger charge is -2.32. The number of methoxy groups -OCH3 is 1. The molecule has 0 radical (unpaired) electrons. The number of piperidine rings is 1. The standard InChI is InChI=1S/C23H30N4O/c1-27-11-9-17(10-12-27)25-23-18-7-5-3-4-6-8-20(18)26-21-13-16(15-24)22(28-2)14-19(21)23/h13-14,17H,3-12H2,1-2H3,(H,25,26). The van der Waals surface area contributed by atoms with Gasteiger partial charge in [-0.25, -0.2) is 0 Å². The number of aryl methyl sites for hydroxylation is 1. The molecule has 148 valence electrons. The molecule has 0 spiro atoms. The van der Waals surface area contributed by atoms with Crippen molar-refractivity contribution in [2.45, 2.75) is 57.4 Å². The summed E-state index contributed by atoms with van der Waals surface area (Å²) in [4.78, 5) is 7.41. The first-order chi connectivity index (χ1) is 13.7. The van der Waals surface area contributed by atoms with Gasteiger partial charge in [-0.15, -0.1) is 0 Å². The van der Waals surface area contributed by atoms with Gasteiger partial charge in [0.05, 0.1) is 18.2 Å². The van der Waals surface area contributed by atoms with E-state index in [1.165, 1.54) is 42.6 Å². The van der Waals surface area contributed by atoms with Gasteiger partial charge in [0.15, 0.2) is 0 Å². The molecule has 0 bridgehead atoms. The number of hydrogen-bond donors (Lipinski definition) is 1. The van der Waals surface area contributed by atoms with Crippen LogP contribution in [0.4, 0.5) is 5.69 Å². The van der Waals surface area contributed by atoms with Gasteiger partial charge < -0.3 is 15.0 Å². The Balaban J connectivity index is 1.84. The van der Waals surface area contributed by atoms with Gasteiger partial charge in [0.1, 0.15) is 11.8 Å². The molecule has 2 aliphatic rings. The molecule has 1 saturated heterocycles. The normalized spacial score (nSPS) is 18.8. The number of nitrogens with zero attached hydrogens (tertiary/aromatic N) is 3. The average molecular weight is 379 g/mol. The van der Waals surface area contributed by atoms with E-state index >= 15 is 0 Å². The van der Waals surface area contributed by atoms with Crippen LogP contribution in [0.5, 0.6) is 5.75 Å². The van der Waals surface area contributed by atoms with Crippen LogP contribution in [0.3, 0.4) is 0 Å². The van der Waals surface area contributed by atoms with Crippen LogP contribution in [0.2, 0.25) is 0 Å². The Morgan fingerprint density at radius 2 is 1.89 bits per heavy atom. The number of benzene rings is 1. The number of aromatic nitrogens is 1. The Hall–Kier alpha value is -2.32. The van der Waals surface area contributed by atoms with Crippen molar-refractivity contribution in [3.63, 3.8) is 0 Å². The predicted molar refractivity (Wildman–Crippen MR) is 113 cm³/mol. The number of nitriles is 1. The Labute approximate surface area is 167 Å². The summed E-state index contributed by atoms with van der Waals surface area (Å²) in [5.74, 6) is 0.633. The molecule has 1 aliphatic carbocycles. The van der Waals surface area contributed by atoms with E-state index in [0.717, 1.165) is 49.7 Å². The second kappa shape index (κ2) is 8.36. The van der Waals surface area contributed by atoms with Gasteiger partial charge >= 0.3 is 0 Å². The van der Waals surface area contributed by atoms with Crippen LogP contribution >= 0.6 is 0 Å². The molecule has 0 saturated carbocycles. The van der Waals surface area contributed by atoms with Crippen LogP contribution in [-0.2, 0) is 12.8 Å². The largest absolute Gasteiger partial charge is 0.495 e. The van der Waals surface area contributed by atoms with Gasteiger partial charge in [0.2, 0.25) is 0 Å². The van der Waals surface area contributed by atoms with Crippen LogP contribution in [-0.4, -0.2) is 43.2 Å². The maximum absolute atomic E-state index is 9.51. The summed E-state index contributed by atoms with van der Waals surface area (Å²) < 4.78 is 5.51. The number of hydrogen-bond acceptors (Lipinski definition) is 5. The zero-order chi connectivity index (χ0) is 19.5. The van der Waals surface area contributed by atoms with E-state index in [1.807, 2.05) is 12.1 Å². The third kappa shape index (κ3) is 3.79. The lowest BCUT2D eigenvalue weighted by molar-refractivity contribution is 0.264. The highest BCUT2D eigenvalue weighted by Gasteiger charge is 2.22. The molecule has 1 aromatic heterocycles. The van der Waals surface area contributed by atoms with Crippen molar-refractivity contribution in [2.75, 3.05) is 32.6 Å².